The van der Waals surface area contributed by atoms with Gasteiger partial charge in [0.05, 0.1) is 11.0 Å². The summed E-state index contributed by atoms with van der Waals surface area (Å²) in [4.78, 5) is 10.1. The van der Waals surface area contributed by atoms with Gasteiger partial charge in [-0.2, -0.15) is 0 Å². The third-order valence-corrected chi connectivity index (χ3v) is 3.12. The Bertz CT molecular complexity index is 457. The van der Waals surface area contributed by atoms with Crippen molar-refractivity contribution in [3.8, 4) is 0 Å². The van der Waals surface area contributed by atoms with Gasteiger partial charge >= 0.3 is 0 Å². The maximum Gasteiger partial charge on any atom is 0.201 e. The van der Waals surface area contributed by atoms with E-state index in [0.29, 0.717) is 6.04 Å². The lowest BCUT2D eigenvalue weighted by Gasteiger charge is -2.11. The van der Waals surface area contributed by atoms with Crippen LogP contribution >= 0.6 is 0 Å². The van der Waals surface area contributed by atoms with E-state index < -0.39 is 0 Å². The van der Waals surface area contributed by atoms with Gasteiger partial charge in [0.15, 0.2) is 0 Å². The summed E-state index contributed by atoms with van der Waals surface area (Å²) in [6, 6.07) is 8.63. The molecule has 84 valence electrons. The molecule has 0 saturated carbocycles. The number of imidazole rings is 1. The number of H-pyrrole nitrogens is 1. The molecule has 1 fully saturated rings. The van der Waals surface area contributed by atoms with E-state index in [0.717, 1.165) is 30.1 Å². The van der Waals surface area contributed by atoms with E-state index in [1.165, 1.54) is 6.42 Å². The van der Waals surface area contributed by atoms with Crippen molar-refractivity contribution < 1.29 is 0 Å². The topological polar surface area (TPSA) is 44.0 Å². The van der Waals surface area contributed by atoms with Gasteiger partial charge in [-0.1, -0.05) is 12.1 Å². The average Bonchev–Trinajstić information content (AvgIpc) is 2.84. The molecule has 1 saturated heterocycles. The predicted molar refractivity (Wildman–Crippen MR) is 65.6 cm³/mol. The number of hydrogen-bond acceptors (Lipinski definition) is 3. The molecule has 0 bridgehead atoms. The molecule has 1 aromatic carbocycles. The molecule has 0 radical (unpaired) electrons. The molecule has 1 atom stereocenters. The first-order valence-corrected chi connectivity index (χ1v) is 5.71. The van der Waals surface area contributed by atoms with E-state index in [2.05, 4.69) is 27.2 Å². The summed E-state index contributed by atoms with van der Waals surface area (Å²) in [6.45, 7) is 2.26. The number of likely N-dealkylation sites (N-methyl/N-ethyl adjacent to an activating group) is 1. The first kappa shape index (κ1) is 9.66. The van der Waals surface area contributed by atoms with E-state index in [-0.39, 0.29) is 0 Å². The number of aromatic amines is 1. The fourth-order valence-corrected chi connectivity index (χ4v) is 2.27. The van der Waals surface area contributed by atoms with E-state index in [1.54, 1.807) is 0 Å². The van der Waals surface area contributed by atoms with Gasteiger partial charge in [0.1, 0.15) is 0 Å². The maximum absolute atomic E-state index is 4.52. The fourth-order valence-electron chi connectivity index (χ4n) is 2.27. The number of rotatable bonds is 2. The third kappa shape index (κ3) is 1.76. The van der Waals surface area contributed by atoms with Crippen LogP contribution in [0.3, 0.4) is 0 Å². The summed E-state index contributed by atoms with van der Waals surface area (Å²) in [5, 5.41) is 3.45. The Morgan fingerprint density at radius 1 is 1.44 bits per heavy atom. The Morgan fingerprint density at radius 3 is 3.06 bits per heavy atom. The van der Waals surface area contributed by atoms with Crippen molar-refractivity contribution >= 4 is 17.0 Å². The molecule has 4 nitrogen and oxygen atoms in total. The Morgan fingerprint density at radius 2 is 2.31 bits per heavy atom. The zero-order valence-electron chi connectivity index (χ0n) is 9.40. The van der Waals surface area contributed by atoms with Crippen LogP contribution in [-0.2, 0) is 0 Å². The summed E-state index contributed by atoms with van der Waals surface area (Å²) in [7, 11) is 2.15. The molecule has 1 unspecified atom stereocenters. The Balaban J connectivity index is 1.79. The lowest BCUT2D eigenvalue weighted by molar-refractivity contribution is 0.414. The number of para-hydroxylation sites is 2. The van der Waals surface area contributed by atoms with Crippen LogP contribution < -0.4 is 5.32 Å². The smallest absolute Gasteiger partial charge is 0.201 e. The molecule has 0 spiro atoms. The van der Waals surface area contributed by atoms with Crippen LogP contribution in [0.15, 0.2) is 24.3 Å². The van der Waals surface area contributed by atoms with Crippen LogP contribution in [-0.4, -0.2) is 41.0 Å². The van der Waals surface area contributed by atoms with Crippen LogP contribution in [0.5, 0.6) is 0 Å². The van der Waals surface area contributed by atoms with E-state index in [4.69, 9.17) is 0 Å². The van der Waals surface area contributed by atoms with Crippen molar-refractivity contribution in [3.05, 3.63) is 24.3 Å². The summed E-state index contributed by atoms with van der Waals surface area (Å²) < 4.78 is 0. The summed E-state index contributed by atoms with van der Waals surface area (Å²) in [5.41, 5.74) is 2.12. The van der Waals surface area contributed by atoms with Crippen LogP contribution in [0, 0.1) is 0 Å². The predicted octanol–water partition coefficient (Wildman–Crippen LogP) is 1.68. The number of hydrogen-bond donors (Lipinski definition) is 2. The summed E-state index contributed by atoms with van der Waals surface area (Å²) in [5.74, 6) is 0.890. The monoisotopic (exact) mass is 216 g/mol. The van der Waals surface area contributed by atoms with Crippen LogP contribution in [0.4, 0.5) is 5.95 Å². The molecule has 2 heterocycles. The van der Waals surface area contributed by atoms with Crippen molar-refractivity contribution in [1.82, 2.24) is 14.9 Å². The third-order valence-electron chi connectivity index (χ3n) is 3.12. The van der Waals surface area contributed by atoms with Crippen LogP contribution in [0.25, 0.3) is 11.0 Å². The van der Waals surface area contributed by atoms with Gasteiger partial charge in [-0.15, -0.1) is 0 Å². The minimum atomic E-state index is 0.519. The number of nitrogens with zero attached hydrogens (tertiary/aromatic N) is 2. The molecular weight excluding hydrogens is 200 g/mol. The Kier molecular flexibility index (Phi) is 2.29. The first-order chi connectivity index (χ1) is 7.81. The molecule has 2 N–H and O–H groups in total. The molecule has 0 amide bonds. The van der Waals surface area contributed by atoms with Gasteiger partial charge in [-0.25, -0.2) is 4.98 Å². The molecule has 4 heteroatoms. The largest absolute Gasteiger partial charge is 0.352 e. The minimum absolute atomic E-state index is 0.519. The van der Waals surface area contributed by atoms with Crippen molar-refractivity contribution in [2.45, 2.75) is 12.5 Å². The summed E-state index contributed by atoms with van der Waals surface area (Å²) >= 11 is 0. The lowest BCUT2D eigenvalue weighted by Crippen LogP contribution is -2.23. The molecule has 0 aliphatic carbocycles. The lowest BCUT2D eigenvalue weighted by atomic mass is 10.3. The minimum Gasteiger partial charge on any atom is -0.352 e. The van der Waals surface area contributed by atoms with Gasteiger partial charge < -0.3 is 15.2 Å². The van der Waals surface area contributed by atoms with Crippen molar-refractivity contribution in [2.24, 2.45) is 0 Å². The SMILES string of the molecule is CN1CCC(Nc2nc3ccccc3[nH]2)C1. The van der Waals surface area contributed by atoms with Gasteiger partial charge in [-0.05, 0) is 32.1 Å². The highest BCUT2D eigenvalue weighted by Crippen LogP contribution is 2.16. The summed E-state index contributed by atoms with van der Waals surface area (Å²) in [6.07, 6.45) is 1.19. The molecule has 2 aromatic rings. The van der Waals surface area contributed by atoms with Gasteiger partial charge in [-0.3, -0.25) is 0 Å². The van der Waals surface area contributed by atoms with Crippen molar-refractivity contribution in [3.63, 3.8) is 0 Å². The van der Waals surface area contributed by atoms with E-state index >= 15 is 0 Å². The Hall–Kier alpha value is -1.55. The second-order valence-electron chi connectivity index (χ2n) is 4.49. The molecule has 3 rings (SSSR count). The average molecular weight is 216 g/mol. The number of benzene rings is 1. The number of fused-ring (bicyclic) bond motifs is 1. The Labute approximate surface area is 94.7 Å². The van der Waals surface area contributed by atoms with Crippen LogP contribution in [0.1, 0.15) is 6.42 Å². The highest BCUT2D eigenvalue weighted by Gasteiger charge is 2.19. The number of likely N-dealkylation sites (tertiary alicyclic amines) is 1. The number of aromatic nitrogens is 2. The second kappa shape index (κ2) is 3.79. The number of nitrogens with one attached hydrogen (secondary N) is 2. The fraction of sp³-hybridized carbons (Fsp3) is 0.417. The molecule has 1 aromatic heterocycles. The van der Waals surface area contributed by atoms with E-state index in [1.807, 2.05) is 24.3 Å². The maximum atomic E-state index is 4.52. The van der Waals surface area contributed by atoms with Gasteiger partial charge in [0.25, 0.3) is 0 Å². The molecule has 1 aliphatic rings. The highest BCUT2D eigenvalue weighted by molar-refractivity contribution is 5.77. The molecule has 16 heavy (non-hydrogen) atoms. The normalized spacial score (nSPS) is 21.7. The van der Waals surface area contributed by atoms with Crippen molar-refractivity contribution in [2.75, 3.05) is 25.5 Å². The standard InChI is InChI=1S/C12H16N4/c1-16-7-6-9(8-16)13-12-14-10-4-2-3-5-11(10)15-12/h2-5,9H,6-8H2,1H3,(H2,13,14,15). The zero-order valence-corrected chi connectivity index (χ0v) is 9.40. The highest BCUT2D eigenvalue weighted by atomic mass is 15.2. The number of anilines is 1. The van der Waals surface area contributed by atoms with Gasteiger partial charge in [0, 0.05) is 12.6 Å². The van der Waals surface area contributed by atoms with Crippen LogP contribution in [0.2, 0.25) is 0 Å². The van der Waals surface area contributed by atoms with Crippen molar-refractivity contribution in [1.29, 1.82) is 0 Å². The van der Waals surface area contributed by atoms with E-state index in [9.17, 15) is 0 Å². The second-order valence-corrected chi connectivity index (χ2v) is 4.49. The first-order valence-electron chi connectivity index (χ1n) is 5.71. The molecular formula is C12H16N4. The molecule has 1 aliphatic heterocycles. The quantitative estimate of drug-likeness (QED) is 0.802. The zero-order chi connectivity index (χ0) is 11.0. The van der Waals surface area contributed by atoms with Gasteiger partial charge in [0.2, 0.25) is 5.95 Å².